The molecule has 1 saturated heterocycles. The lowest BCUT2D eigenvalue weighted by molar-refractivity contribution is -0.136. The van der Waals surface area contributed by atoms with Crippen molar-refractivity contribution in [2.75, 3.05) is 33.3 Å². The van der Waals surface area contributed by atoms with E-state index in [0.29, 0.717) is 29.4 Å². The summed E-state index contributed by atoms with van der Waals surface area (Å²) in [6.07, 6.45) is 0.238. The molecule has 1 atom stereocenters. The predicted octanol–water partition coefficient (Wildman–Crippen LogP) is 4.82. The van der Waals surface area contributed by atoms with Crippen molar-refractivity contribution < 1.29 is 14.3 Å². The number of hydrogen-bond donors (Lipinski definition) is 0. The van der Waals surface area contributed by atoms with Gasteiger partial charge in [0.25, 0.3) is 0 Å². The summed E-state index contributed by atoms with van der Waals surface area (Å²) >= 11 is 7.62. The van der Waals surface area contributed by atoms with E-state index in [1.807, 2.05) is 40.3 Å². The molecule has 1 fully saturated rings. The van der Waals surface area contributed by atoms with Crippen LogP contribution < -0.4 is 0 Å². The number of amidine groups is 1. The molecule has 0 N–H and O–H groups in total. The van der Waals surface area contributed by atoms with Crippen molar-refractivity contribution in [1.29, 1.82) is 0 Å². The van der Waals surface area contributed by atoms with Gasteiger partial charge in [-0.15, -0.1) is 0 Å². The van der Waals surface area contributed by atoms with Gasteiger partial charge in [-0.3, -0.25) is 9.69 Å². The first-order valence-corrected chi connectivity index (χ1v) is 13.5. The first-order valence-electron chi connectivity index (χ1n) is 12.3. The number of rotatable bonds is 6. The normalized spacial score (nSPS) is 19.9. The summed E-state index contributed by atoms with van der Waals surface area (Å²) in [5.41, 5.74) is 4.07. The number of thioether (sulfide) groups is 1. The van der Waals surface area contributed by atoms with E-state index in [4.69, 9.17) is 16.3 Å². The van der Waals surface area contributed by atoms with Crippen LogP contribution in [0, 0.1) is 0 Å². The van der Waals surface area contributed by atoms with E-state index in [1.165, 1.54) is 24.4 Å². The number of amides is 1. The van der Waals surface area contributed by atoms with Crippen molar-refractivity contribution in [3.05, 3.63) is 93.1 Å². The van der Waals surface area contributed by atoms with E-state index in [0.717, 1.165) is 36.1 Å². The molecule has 37 heavy (non-hydrogen) atoms. The van der Waals surface area contributed by atoms with Crippen LogP contribution in [0.15, 0.2) is 82.0 Å². The Bertz CT molecular complexity index is 1270. The Kier molecular flexibility index (Phi) is 7.69. The van der Waals surface area contributed by atoms with E-state index in [-0.39, 0.29) is 12.3 Å². The second-order valence-electron chi connectivity index (χ2n) is 9.26. The molecule has 0 bridgehead atoms. The van der Waals surface area contributed by atoms with E-state index in [1.54, 1.807) is 12.1 Å². The van der Waals surface area contributed by atoms with Gasteiger partial charge in [0, 0.05) is 43.4 Å². The van der Waals surface area contributed by atoms with Crippen molar-refractivity contribution in [2.45, 2.75) is 25.9 Å². The second kappa shape index (κ2) is 11.1. The number of fused-ring (bicyclic) bond motifs is 1. The first kappa shape index (κ1) is 25.6. The molecule has 0 aromatic heterocycles. The molecule has 2 aromatic carbocycles. The number of ether oxygens (including phenoxy) is 1. The lowest BCUT2D eigenvalue weighted by Crippen LogP contribution is -2.48. The van der Waals surface area contributed by atoms with Crippen LogP contribution in [0.25, 0.3) is 0 Å². The molecule has 3 heterocycles. The van der Waals surface area contributed by atoms with Crippen molar-refractivity contribution in [2.24, 2.45) is 4.99 Å². The third-order valence-corrected chi connectivity index (χ3v) is 8.04. The molecule has 7 nitrogen and oxygen atoms in total. The average Bonchev–Trinajstić information content (AvgIpc) is 3.30. The molecular formula is C28H29ClN4O3S. The third-order valence-electron chi connectivity index (χ3n) is 6.90. The van der Waals surface area contributed by atoms with Gasteiger partial charge in [-0.05, 0) is 35.6 Å². The highest BCUT2D eigenvalue weighted by Crippen LogP contribution is 2.45. The van der Waals surface area contributed by atoms with Gasteiger partial charge in [0.1, 0.15) is 0 Å². The summed E-state index contributed by atoms with van der Waals surface area (Å²) in [5.74, 6) is -0.356. The molecular weight excluding hydrogens is 508 g/mol. The molecule has 0 aliphatic carbocycles. The smallest absolute Gasteiger partial charge is 0.338 e. The summed E-state index contributed by atoms with van der Waals surface area (Å²) < 4.78 is 5.12. The van der Waals surface area contributed by atoms with Crippen LogP contribution in [-0.2, 0) is 20.9 Å². The number of carbonyl (C=O) groups excluding carboxylic acids is 2. The number of methoxy groups -OCH3 is 1. The minimum Gasteiger partial charge on any atom is -0.466 e. The molecule has 3 aliphatic rings. The molecule has 3 aliphatic heterocycles. The highest BCUT2D eigenvalue weighted by Gasteiger charge is 2.41. The monoisotopic (exact) mass is 536 g/mol. The van der Waals surface area contributed by atoms with E-state index in [2.05, 4.69) is 34.2 Å². The van der Waals surface area contributed by atoms with Crippen LogP contribution in [0.5, 0.6) is 0 Å². The van der Waals surface area contributed by atoms with Crippen molar-refractivity contribution in [3.8, 4) is 0 Å². The van der Waals surface area contributed by atoms with Crippen molar-refractivity contribution in [1.82, 2.24) is 14.7 Å². The van der Waals surface area contributed by atoms with Gasteiger partial charge in [-0.2, -0.15) is 0 Å². The van der Waals surface area contributed by atoms with E-state index >= 15 is 0 Å². The van der Waals surface area contributed by atoms with Crippen LogP contribution in [0.1, 0.15) is 30.5 Å². The zero-order valence-electron chi connectivity index (χ0n) is 20.9. The highest BCUT2D eigenvalue weighted by molar-refractivity contribution is 8.16. The Hall–Kier alpha value is -3.07. The van der Waals surface area contributed by atoms with Crippen molar-refractivity contribution in [3.63, 3.8) is 0 Å². The molecule has 0 spiro atoms. The fourth-order valence-electron chi connectivity index (χ4n) is 4.96. The van der Waals surface area contributed by atoms with E-state index in [9.17, 15) is 9.59 Å². The largest absolute Gasteiger partial charge is 0.466 e. The number of nitrogens with zero attached hydrogens (tertiary/aromatic N) is 4. The molecule has 0 radical (unpaired) electrons. The van der Waals surface area contributed by atoms with Gasteiger partial charge >= 0.3 is 5.97 Å². The highest BCUT2D eigenvalue weighted by atomic mass is 35.5. The zero-order chi connectivity index (χ0) is 25.9. The lowest BCUT2D eigenvalue weighted by Gasteiger charge is -2.38. The van der Waals surface area contributed by atoms with Crippen LogP contribution >= 0.6 is 23.4 Å². The first-order chi connectivity index (χ1) is 17.9. The Labute approximate surface area is 226 Å². The number of halogens is 1. The Morgan fingerprint density at radius 1 is 1.05 bits per heavy atom. The fraction of sp³-hybridized carbons (Fsp3) is 0.321. The number of allylic oxidation sites excluding steroid dienone is 1. The standard InChI is InChI=1S/C28H29ClN4O3S/c1-19-25(27(35)36-2)26(21-8-10-22(29)11-9-21)33-23(18-37-28(33)30-19)16-24(34)32-14-12-31(13-15-32)17-20-6-4-3-5-7-20/h3-11,18,26H,12-17H2,1-2H3. The maximum Gasteiger partial charge on any atom is 0.338 e. The molecule has 1 amide bonds. The molecule has 9 heteroatoms. The predicted molar refractivity (Wildman–Crippen MR) is 147 cm³/mol. The maximum absolute atomic E-state index is 13.4. The Morgan fingerprint density at radius 3 is 2.43 bits per heavy atom. The molecule has 5 rings (SSSR count). The van der Waals surface area contributed by atoms with Crippen LogP contribution in [0.2, 0.25) is 5.02 Å². The number of carbonyl (C=O) groups is 2. The van der Waals surface area contributed by atoms with Crippen LogP contribution in [0.3, 0.4) is 0 Å². The molecule has 0 saturated carbocycles. The summed E-state index contributed by atoms with van der Waals surface area (Å²) in [7, 11) is 1.37. The van der Waals surface area contributed by atoms with Gasteiger partial charge in [-0.1, -0.05) is 65.8 Å². The van der Waals surface area contributed by atoms with Gasteiger partial charge in [0.2, 0.25) is 5.91 Å². The maximum atomic E-state index is 13.4. The molecule has 1 unspecified atom stereocenters. The number of hydrogen-bond acceptors (Lipinski definition) is 7. The summed E-state index contributed by atoms with van der Waals surface area (Å²) in [5, 5.41) is 3.33. The Morgan fingerprint density at radius 2 is 1.76 bits per heavy atom. The minimum atomic E-state index is -0.450. The number of aliphatic imine (C=N–C) groups is 1. The van der Waals surface area contributed by atoms with Gasteiger partial charge in [-0.25, -0.2) is 9.79 Å². The number of benzene rings is 2. The average molecular weight is 537 g/mol. The fourth-order valence-corrected chi connectivity index (χ4v) is 6.06. The van der Waals surface area contributed by atoms with Crippen LogP contribution in [0.4, 0.5) is 0 Å². The summed E-state index contributed by atoms with van der Waals surface area (Å²) in [4.78, 5) is 37.2. The van der Waals surface area contributed by atoms with Crippen LogP contribution in [-0.4, -0.2) is 65.0 Å². The van der Waals surface area contributed by atoms with Crippen molar-refractivity contribution >= 4 is 40.4 Å². The van der Waals surface area contributed by atoms with Gasteiger partial charge in [0.15, 0.2) is 5.17 Å². The Balaban J connectivity index is 1.31. The molecule has 192 valence electrons. The van der Waals surface area contributed by atoms with Gasteiger partial charge in [0.05, 0.1) is 30.8 Å². The van der Waals surface area contributed by atoms with E-state index < -0.39 is 12.0 Å². The molecule has 2 aromatic rings. The zero-order valence-corrected chi connectivity index (χ0v) is 22.5. The summed E-state index contributed by atoms with van der Waals surface area (Å²) in [6, 6.07) is 17.4. The number of piperazine rings is 1. The SMILES string of the molecule is COC(=O)C1=C(C)N=C2SC=C(CC(=O)N3CCN(Cc4ccccc4)CC3)N2C1c1ccc(Cl)cc1. The third kappa shape index (κ3) is 5.46. The van der Waals surface area contributed by atoms with Gasteiger partial charge < -0.3 is 14.5 Å². The second-order valence-corrected chi connectivity index (χ2v) is 10.5. The minimum absolute atomic E-state index is 0.0770. The topological polar surface area (TPSA) is 65.5 Å². The summed E-state index contributed by atoms with van der Waals surface area (Å²) in [6.45, 7) is 5.78. The number of esters is 1. The lowest BCUT2D eigenvalue weighted by atomic mass is 9.94. The quantitative estimate of drug-likeness (QED) is 0.493.